The smallest absolute Gasteiger partial charge is 0.0883 e. The maximum absolute atomic E-state index is 8.96. The summed E-state index contributed by atoms with van der Waals surface area (Å²) in [7, 11) is 0. The van der Waals surface area contributed by atoms with E-state index in [2.05, 4.69) is 31.1 Å². The summed E-state index contributed by atoms with van der Waals surface area (Å²) in [6, 6.07) is 10.1. The number of aliphatic hydroxyl groups is 1. The van der Waals surface area contributed by atoms with Crippen molar-refractivity contribution in [2.45, 2.75) is 26.4 Å². The molecule has 0 aliphatic carbocycles. The van der Waals surface area contributed by atoms with E-state index in [1.54, 1.807) is 4.68 Å². The van der Waals surface area contributed by atoms with Gasteiger partial charge >= 0.3 is 0 Å². The van der Waals surface area contributed by atoms with Crippen molar-refractivity contribution in [2.75, 3.05) is 0 Å². The molecule has 1 N–H and O–H groups in total. The van der Waals surface area contributed by atoms with Crippen molar-refractivity contribution in [1.29, 1.82) is 0 Å². The third kappa shape index (κ3) is 2.14. The van der Waals surface area contributed by atoms with Crippen LogP contribution in [0.5, 0.6) is 0 Å². The van der Waals surface area contributed by atoms with Crippen molar-refractivity contribution >= 4 is 0 Å². The van der Waals surface area contributed by atoms with Gasteiger partial charge in [-0.15, -0.1) is 0 Å². The van der Waals surface area contributed by atoms with Gasteiger partial charge in [0.1, 0.15) is 0 Å². The fourth-order valence-electron chi connectivity index (χ4n) is 1.62. The van der Waals surface area contributed by atoms with Gasteiger partial charge in [-0.1, -0.05) is 26.0 Å². The highest BCUT2D eigenvalue weighted by molar-refractivity contribution is 5.36. The Morgan fingerprint density at radius 1 is 1.31 bits per heavy atom. The molecule has 1 aromatic carbocycles. The molecule has 0 saturated heterocycles. The molecular formula is C13H16N2O. The van der Waals surface area contributed by atoms with Gasteiger partial charge in [-0.3, -0.25) is 0 Å². The van der Waals surface area contributed by atoms with Crippen LogP contribution in [-0.2, 0) is 6.61 Å². The first-order chi connectivity index (χ1) is 7.70. The zero-order valence-corrected chi connectivity index (χ0v) is 9.59. The molecular weight excluding hydrogens is 200 g/mol. The molecule has 0 bridgehead atoms. The SMILES string of the molecule is CC(C)c1cccc(-n2ccc(CO)n2)c1. The van der Waals surface area contributed by atoms with E-state index < -0.39 is 0 Å². The number of aromatic nitrogens is 2. The second-order valence-electron chi connectivity index (χ2n) is 4.16. The van der Waals surface area contributed by atoms with Gasteiger partial charge in [-0.05, 0) is 29.7 Å². The van der Waals surface area contributed by atoms with Crippen molar-refractivity contribution in [3.8, 4) is 5.69 Å². The Kier molecular flexibility index (Phi) is 3.06. The van der Waals surface area contributed by atoms with Gasteiger partial charge in [0, 0.05) is 6.20 Å². The Hall–Kier alpha value is -1.61. The lowest BCUT2D eigenvalue weighted by molar-refractivity contribution is 0.276. The highest BCUT2D eigenvalue weighted by atomic mass is 16.3. The van der Waals surface area contributed by atoms with E-state index in [0.29, 0.717) is 11.6 Å². The number of nitrogens with zero attached hydrogens (tertiary/aromatic N) is 2. The molecule has 0 unspecified atom stereocenters. The molecule has 84 valence electrons. The standard InChI is InChI=1S/C13H16N2O/c1-10(2)11-4-3-5-13(8-11)15-7-6-12(9-16)14-15/h3-8,10,16H,9H2,1-2H3. The third-order valence-electron chi connectivity index (χ3n) is 2.61. The fourth-order valence-corrected chi connectivity index (χ4v) is 1.62. The third-order valence-corrected chi connectivity index (χ3v) is 2.61. The van der Waals surface area contributed by atoms with E-state index in [0.717, 1.165) is 5.69 Å². The van der Waals surface area contributed by atoms with Gasteiger partial charge in [-0.2, -0.15) is 5.10 Å². The lowest BCUT2D eigenvalue weighted by Crippen LogP contribution is -1.98. The number of hydrogen-bond acceptors (Lipinski definition) is 2. The summed E-state index contributed by atoms with van der Waals surface area (Å²) in [5.41, 5.74) is 3.01. The van der Waals surface area contributed by atoms with Crippen molar-refractivity contribution in [2.24, 2.45) is 0 Å². The van der Waals surface area contributed by atoms with Crippen LogP contribution in [0, 0.1) is 0 Å². The summed E-state index contributed by atoms with van der Waals surface area (Å²) in [5, 5.41) is 13.2. The molecule has 0 fully saturated rings. The normalized spacial score (nSPS) is 11.0. The van der Waals surface area contributed by atoms with E-state index in [4.69, 9.17) is 5.11 Å². The molecule has 0 aliphatic rings. The molecule has 1 aromatic heterocycles. The first-order valence-corrected chi connectivity index (χ1v) is 5.46. The minimum absolute atomic E-state index is 0.0170. The minimum atomic E-state index is -0.0170. The second-order valence-corrected chi connectivity index (χ2v) is 4.16. The molecule has 2 aromatic rings. The molecule has 0 saturated carbocycles. The van der Waals surface area contributed by atoms with Crippen LogP contribution in [0.4, 0.5) is 0 Å². The summed E-state index contributed by atoms with van der Waals surface area (Å²) < 4.78 is 1.79. The second kappa shape index (κ2) is 4.49. The monoisotopic (exact) mass is 216 g/mol. The highest BCUT2D eigenvalue weighted by Gasteiger charge is 2.03. The Morgan fingerprint density at radius 3 is 2.75 bits per heavy atom. The van der Waals surface area contributed by atoms with Gasteiger partial charge in [0.05, 0.1) is 18.0 Å². The van der Waals surface area contributed by atoms with Crippen molar-refractivity contribution < 1.29 is 5.11 Å². The first-order valence-electron chi connectivity index (χ1n) is 5.46. The van der Waals surface area contributed by atoms with Crippen LogP contribution in [0.25, 0.3) is 5.69 Å². The average molecular weight is 216 g/mol. The topological polar surface area (TPSA) is 38.0 Å². The van der Waals surface area contributed by atoms with E-state index >= 15 is 0 Å². The van der Waals surface area contributed by atoms with E-state index in [1.165, 1.54) is 5.56 Å². The number of hydrogen-bond donors (Lipinski definition) is 1. The molecule has 0 aliphatic heterocycles. The van der Waals surface area contributed by atoms with Crippen LogP contribution in [0.15, 0.2) is 36.5 Å². The van der Waals surface area contributed by atoms with Crippen LogP contribution in [0.3, 0.4) is 0 Å². The minimum Gasteiger partial charge on any atom is -0.390 e. The largest absolute Gasteiger partial charge is 0.390 e. The fraction of sp³-hybridized carbons (Fsp3) is 0.308. The molecule has 0 amide bonds. The Morgan fingerprint density at radius 2 is 2.12 bits per heavy atom. The predicted octanol–water partition coefficient (Wildman–Crippen LogP) is 2.49. The van der Waals surface area contributed by atoms with Crippen LogP contribution < -0.4 is 0 Å². The molecule has 0 atom stereocenters. The first kappa shape index (κ1) is 10.9. The van der Waals surface area contributed by atoms with Crippen LogP contribution in [0.2, 0.25) is 0 Å². The molecule has 1 heterocycles. The van der Waals surface area contributed by atoms with E-state index in [1.807, 2.05) is 24.4 Å². The maximum Gasteiger partial charge on any atom is 0.0883 e. The van der Waals surface area contributed by atoms with Crippen LogP contribution in [-0.4, -0.2) is 14.9 Å². The Labute approximate surface area is 95.3 Å². The van der Waals surface area contributed by atoms with Crippen molar-refractivity contribution in [3.05, 3.63) is 47.8 Å². The summed E-state index contributed by atoms with van der Waals surface area (Å²) in [6.07, 6.45) is 1.87. The molecule has 0 spiro atoms. The number of benzene rings is 1. The zero-order valence-electron chi connectivity index (χ0n) is 9.59. The number of aliphatic hydroxyl groups excluding tert-OH is 1. The van der Waals surface area contributed by atoms with Gasteiger partial charge in [0.15, 0.2) is 0 Å². The summed E-state index contributed by atoms with van der Waals surface area (Å²) >= 11 is 0. The van der Waals surface area contributed by atoms with Crippen LogP contribution >= 0.6 is 0 Å². The van der Waals surface area contributed by atoms with Crippen molar-refractivity contribution in [1.82, 2.24) is 9.78 Å². The predicted molar refractivity (Wildman–Crippen MR) is 63.6 cm³/mol. The van der Waals surface area contributed by atoms with Gasteiger partial charge in [0.25, 0.3) is 0 Å². The molecule has 0 radical (unpaired) electrons. The molecule has 16 heavy (non-hydrogen) atoms. The van der Waals surface area contributed by atoms with Gasteiger partial charge in [-0.25, -0.2) is 4.68 Å². The van der Waals surface area contributed by atoms with Crippen molar-refractivity contribution in [3.63, 3.8) is 0 Å². The summed E-state index contributed by atoms with van der Waals surface area (Å²) in [4.78, 5) is 0. The zero-order chi connectivity index (χ0) is 11.5. The summed E-state index contributed by atoms with van der Waals surface area (Å²) in [6.45, 7) is 4.32. The molecule has 3 nitrogen and oxygen atoms in total. The lowest BCUT2D eigenvalue weighted by Gasteiger charge is -2.07. The highest BCUT2D eigenvalue weighted by Crippen LogP contribution is 2.17. The average Bonchev–Trinajstić information content (AvgIpc) is 2.77. The number of rotatable bonds is 3. The summed E-state index contributed by atoms with van der Waals surface area (Å²) in [5.74, 6) is 0.507. The Bertz CT molecular complexity index is 474. The van der Waals surface area contributed by atoms with E-state index in [-0.39, 0.29) is 6.61 Å². The Balaban J connectivity index is 2.36. The quantitative estimate of drug-likeness (QED) is 0.856. The molecule has 2 rings (SSSR count). The maximum atomic E-state index is 8.96. The van der Waals surface area contributed by atoms with Gasteiger partial charge in [0.2, 0.25) is 0 Å². The van der Waals surface area contributed by atoms with Crippen LogP contribution in [0.1, 0.15) is 31.0 Å². The van der Waals surface area contributed by atoms with E-state index in [9.17, 15) is 0 Å². The lowest BCUT2D eigenvalue weighted by atomic mass is 10.0. The van der Waals surface area contributed by atoms with Gasteiger partial charge < -0.3 is 5.11 Å². The molecule has 3 heteroatoms.